The lowest BCUT2D eigenvalue weighted by Crippen LogP contribution is -2.31. The van der Waals surface area contributed by atoms with Crippen molar-refractivity contribution >= 4 is 11.5 Å². The topological polar surface area (TPSA) is 29.5 Å². The third-order valence-electron chi connectivity index (χ3n) is 2.40. The standard InChI is InChI=1S/C12H14F3NO2/c1-8(17)11-9(5-4-6-10(11)18-3)16(2)7-12(13,14)15/h4-6H,7H2,1-3H3. The predicted octanol–water partition coefficient (Wildman–Crippen LogP) is 2.90. The molecule has 0 N–H and O–H groups in total. The summed E-state index contributed by atoms with van der Waals surface area (Å²) >= 11 is 0. The molecule has 0 aliphatic carbocycles. The number of ketones is 1. The molecule has 0 amide bonds. The van der Waals surface area contributed by atoms with E-state index < -0.39 is 12.7 Å². The molecule has 0 atom stereocenters. The molecule has 0 heterocycles. The minimum atomic E-state index is -4.33. The summed E-state index contributed by atoms with van der Waals surface area (Å²) in [5.41, 5.74) is 0.367. The Bertz CT molecular complexity index is 443. The van der Waals surface area contributed by atoms with Gasteiger partial charge in [0.2, 0.25) is 0 Å². The number of carbonyl (C=O) groups excluding carboxylic acids is 1. The van der Waals surface area contributed by atoms with Gasteiger partial charge in [-0.15, -0.1) is 0 Å². The second-order valence-electron chi connectivity index (χ2n) is 3.88. The van der Waals surface area contributed by atoms with E-state index in [-0.39, 0.29) is 22.8 Å². The van der Waals surface area contributed by atoms with Crippen molar-refractivity contribution in [1.29, 1.82) is 0 Å². The molecule has 0 saturated heterocycles. The van der Waals surface area contributed by atoms with Gasteiger partial charge in [0.15, 0.2) is 5.78 Å². The second-order valence-corrected chi connectivity index (χ2v) is 3.88. The van der Waals surface area contributed by atoms with Crippen molar-refractivity contribution in [3.8, 4) is 5.75 Å². The van der Waals surface area contributed by atoms with Gasteiger partial charge in [0.25, 0.3) is 0 Å². The van der Waals surface area contributed by atoms with Crippen LogP contribution >= 0.6 is 0 Å². The van der Waals surface area contributed by atoms with Crippen molar-refractivity contribution in [3.63, 3.8) is 0 Å². The Morgan fingerprint density at radius 2 is 2.00 bits per heavy atom. The third kappa shape index (κ3) is 3.38. The van der Waals surface area contributed by atoms with Crippen molar-refractivity contribution in [1.82, 2.24) is 0 Å². The van der Waals surface area contributed by atoms with Gasteiger partial charge in [0.1, 0.15) is 12.3 Å². The molecule has 18 heavy (non-hydrogen) atoms. The normalized spacial score (nSPS) is 11.2. The highest BCUT2D eigenvalue weighted by Gasteiger charge is 2.30. The average molecular weight is 261 g/mol. The maximum absolute atomic E-state index is 12.3. The van der Waals surface area contributed by atoms with E-state index in [2.05, 4.69) is 0 Å². The molecular weight excluding hydrogens is 247 g/mol. The van der Waals surface area contributed by atoms with Crippen LogP contribution in [0.2, 0.25) is 0 Å². The molecule has 1 aromatic carbocycles. The molecule has 0 bridgehead atoms. The van der Waals surface area contributed by atoms with Gasteiger partial charge in [-0.25, -0.2) is 0 Å². The number of ether oxygens (including phenoxy) is 1. The molecule has 3 nitrogen and oxygen atoms in total. The zero-order valence-electron chi connectivity index (χ0n) is 10.3. The Hall–Kier alpha value is -1.72. The Kier molecular flexibility index (Phi) is 4.21. The lowest BCUT2D eigenvalue weighted by Gasteiger charge is -2.23. The van der Waals surface area contributed by atoms with E-state index in [1.807, 2.05) is 0 Å². The third-order valence-corrected chi connectivity index (χ3v) is 2.40. The van der Waals surface area contributed by atoms with Crippen LogP contribution in [0.3, 0.4) is 0 Å². The smallest absolute Gasteiger partial charge is 0.405 e. The summed E-state index contributed by atoms with van der Waals surface area (Å²) in [5.74, 6) is -0.0644. The first-order chi connectivity index (χ1) is 8.26. The minimum Gasteiger partial charge on any atom is -0.496 e. The first-order valence-corrected chi connectivity index (χ1v) is 5.22. The summed E-state index contributed by atoms with van der Waals surface area (Å²) in [6.07, 6.45) is -4.33. The molecule has 0 aromatic heterocycles. The van der Waals surface area contributed by atoms with Gasteiger partial charge < -0.3 is 9.64 Å². The lowest BCUT2D eigenvalue weighted by atomic mass is 10.1. The van der Waals surface area contributed by atoms with Gasteiger partial charge >= 0.3 is 6.18 Å². The summed E-state index contributed by atoms with van der Waals surface area (Å²) in [4.78, 5) is 12.5. The van der Waals surface area contributed by atoms with Crippen molar-refractivity contribution < 1.29 is 22.7 Å². The summed E-state index contributed by atoms with van der Waals surface area (Å²) in [5, 5.41) is 0. The van der Waals surface area contributed by atoms with Crippen molar-refractivity contribution in [3.05, 3.63) is 23.8 Å². The van der Waals surface area contributed by atoms with Gasteiger partial charge in [-0.3, -0.25) is 4.79 Å². The van der Waals surface area contributed by atoms with Crippen LogP contribution in [0.1, 0.15) is 17.3 Å². The second kappa shape index (κ2) is 5.29. The maximum Gasteiger partial charge on any atom is 0.405 e. The number of benzene rings is 1. The van der Waals surface area contributed by atoms with Crippen molar-refractivity contribution in [2.24, 2.45) is 0 Å². The van der Waals surface area contributed by atoms with Crippen LogP contribution in [0.25, 0.3) is 0 Å². The first kappa shape index (κ1) is 14.3. The summed E-state index contributed by atoms with van der Waals surface area (Å²) in [6.45, 7) is 0.170. The molecular formula is C12H14F3NO2. The molecule has 1 aromatic rings. The Labute approximate surface area is 103 Å². The van der Waals surface area contributed by atoms with Crippen LogP contribution in [0.15, 0.2) is 18.2 Å². The first-order valence-electron chi connectivity index (χ1n) is 5.22. The van der Waals surface area contributed by atoms with Crippen LogP contribution in [-0.4, -0.2) is 32.7 Å². The summed E-state index contributed by atoms with van der Waals surface area (Å²) < 4.78 is 42.0. The highest BCUT2D eigenvalue weighted by molar-refractivity contribution is 6.02. The Balaban J connectivity index is 3.19. The molecule has 0 radical (unpaired) electrons. The van der Waals surface area contributed by atoms with Crippen LogP contribution in [0.5, 0.6) is 5.75 Å². The van der Waals surface area contributed by atoms with Gasteiger partial charge in [-0.05, 0) is 19.1 Å². The molecule has 1 rings (SSSR count). The van der Waals surface area contributed by atoms with Crippen LogP contribution in [0.4, 0.5) is 18.9 Å². The average Bonchev–Trinajstić information content (AvgIpc) is 2.25. The fraction of sp³-hybridized carbons (Fsp3) is 0.417. The highest BCUT2D eigenvalue weighted by atomic mass is 19.4. The van der Waals surface area contributed by atoms with Gasteiger partial charge in [-0.1, -0.05) is 6.07 Å². The van der Waals surface area contributed by atoms with Crippen LogP contribution in [-0.2, 0) is 0 Å². The Morgan fingerprint density at radius 1 is 1.39 bits per heavy atom. The number of hydrogen-bond donors (Lipinski definition) is 0. The van der Waals surface area contributed by atoms with Crippen molar-refractivity contribution in [2.75, 3.05) is 25.6 Å². The molecule has 0 aliphatic rings. The molecule has 0 aliphatic heterocycles. The summed E-state index contributed by atoms with van der Waals surface area (Å²) in [6, 6.07) is 4.56. The number of hydrogen-bond acceptors (Lipinski definition) is 3. The van der Waals surface area contributed by atoms with E-state index in [4.69, 9.17) is 4.74 Å². The van der Waals surface area contributed by atoms with E-state index in [1.54, 1.807) is 12.1 Å². The number of methoxy groups -OCH3 is 1. The van der Waals surface area contributed by atoms with E-state index in [1.165, 1.54) is 27.1 Å². The molecule has 0 unspecified atom stereocenters. The van der Waals surface area contributed by atoms with Gasteiger partial charge in [0, 0.05) is 7.05 Å². The predicted molar refractivity (Wildman–Crippen MR) is 62.3 cm³/mol. The fourth-order valence-electron chi connectivity index (χ4n) is 1.72. The van der Waals surface area contributed by atoms with E-state index in [9.17, 15) is 18.0 Å². The molecule has 0 fully saturated rings. The van der Waals surface area contributed by atoms with Gasteiger partial charge in [-0.2, -0.15) is 13.2 Å². The fourth-order valence-corrected chi connectivity index (χ4v) is 1.72. The van der Waals surface area contributed by atoms with Crippen LogP contribution < -0.4 is 9.64 Å². The zero-order chi connectivity index (χ0) is 13.9. The monoisotopic (exact) mass is 261 g/mol. The van der Waals surface area contributed by atoms with Crippen LogP contribution in [0, 0.1) is 0 Å². The number of rotatable bonds is 4. The van der Waals surface area contributed by atoms with E-state index in [0.29, 0.717) is 0 Å². The number of anilines is 1. The molecule has 0 spiro atoms. The number of nitrogens with zero attached hydrogens (tertiary/aromatic N) is 1. The van der Waals surface area contributed by atoms with Crippen molar-refractivity contribution in [2.45, 2.75) is 13.1 Å². The molecule has 100 valence electrons. The maximum atomic E-state index is 12.3. The quantitative estimate of drug-likeness (QED) is 0.780. The van der Waals surface area contributed by atoms with Gasteiger partial charge in [0.05, 0.1) is 18.4 Å². The number of carbonyl (C=O) groups is 1. The zero-order valence-corrected chi connectivity index (χ0v) is 10.3. The number of halogens is 3. The molecule has 6 heteroatoms. The van der Waals surface area contributed by atoms with E-state index >= 15 is 0 Å². The Morgan fingerprint density at radius 3 is 2.44 bits per heavy atom. The van der Waals surface area contributed by atoms with E-state index in [0.717, 1.165) is 4.90 Å². The number of alkyl halides is 3. The minimum absolute atomic E-state index is 0.159. The molecule has 0 saturated carbocycles. The summed E-state index contributed by atoms with van der Waals surface area (Å²) in [7, 11) is 2.66. The number of Topliss-reactive ketones (excluding diaryl/α,β-unsaturated/α-hetero) is 1. The SMILES string of the molecule is COc1cccc(N(C)CC(F)(F)F)c1C(C)=O. The largest absolute Gasteiger partial charge is 0.496 e. The highest BCUT2D eigenvalue weighted by Crippen LogP contribution is 2.30. The lowest BCUT2D eigenvalue weighted by molar-refractivity contribution is -0.119.